The third-order valence-corrected chi connectivity index (χ3v) is 14.4. The van der Waals surface area contributed by atoms with Crippen molar-refractivity contribution in [3.8, 4) is 33.4 Å². The summed E-state index contributed by atoms with van der Waals surface area (Å²) in [5.74, 6) is 0. The minimum absolute atomic E-state index is 0.817. The highest BCUT2D eigenvalue weighted by atomic mass is 16.3. The first-order chi connectivity index (χ1) is 34.7. The van der Waals surface area contributed by atoms with Crippen LogP contribution in [0.3, 0.4) is 0 Å². The zero-order chi connectivity index (χ0) is 45.9. The molecule has 0 saturated carbocycles. The number of fused-ring (bicyclic) bond motifs is 15. The molecule has 70 heavy (non-hydrogen) atoms. The van der Waals surface area contributed by atoms with Gasteiger partial charge in [0.1, 0.15) is 27.9 Å². The van der Waals surface area contributed by atoms with Gasteiger partial charge in [0.15, 0.2) is 5.58 Å². The van der Waals surface area contributed by atoms with Gasteiger partial charge in [-0.2, -0.15) is 0 Å². The highest BCUT2D eigenvalue weighted by Crippen LogP contribution is 2.48. The lowest BCUT2D eigenvalue weighted by Gasteiger charge is -2.26. The maximum atomic E-state index is 7.24. The number of furan rings is 3. The van der Waals surface area contributed by atoms with Crippen LogP contribution in [0.1, 0.15) is 0 Å². The van der Waals surface area contributed by atoms with E-state index in [1.807, 2.05) is 0 Å². The first-order valence-corrected chi connectivity index (χ1v) is 23.8. The molecule has 4 heteroatoms. The summed E-state index contributed by atoms with van der Waals surface area (Å²) in [6.45, 7) is 0. The molecule has 0 aliphatic heterocycles. The molecule has 326 valence electrons. The van der Waals surface area contributed by atoms with Gasteiger partial charge < -0.3 is 18.2 Å². The lowest BCUT2D eigenvalue weighted by atomic mass is 9.96. The Morgan fingerprint density at radius 3 is 1.26 bits per heavy atom. The van der Waals surface area contributed by atoms with E-state index in [1.165, 1.54) is 26.9 Å². The molecule has 12 aromatic carbocycles. The highest BCUT2D eigenvalue weighted by molar-refractivity contribution is 6.25. The van der Waals surface area contributed by atoms with Crippen LogP contribution in [0, 0.1) is 0 Å². The molecule has 3 heterocycles. The van der Waals surface area contributed by atoms with Crippen LogP contribution >= 0.6 is 0 Å². The number of benzene rings is 12. The Morgan fingerprint density at radius 1 is 0.257 bits per heavy atom. The normalized spacial score (nSPS) is 12.0. The van der Waals surface area contributed by atoms with Gasteiger partial charge in [0.2, 0.25) is 0 Å². The largest absolute Gasteiger partial charge is 0.455 e. The lowest BCUT2D eigenvalue weighted by Crippen LogP contribution is -2.10. The third kappa shape index (κ3) is 5.77. The molecule has 0 saturated heterocycles. The van der Waals surface area contributed by atoms with E-state index < -0.39 is 0 Å². The molecule has 15 rings (SSSR count). The Labute approximate surface area is 401 Å². The van der Waals surface area contributed by atoms with Gasteiger partial charge in [-0.25, -0.2) is 0 Å². The molecule has 0 bridgehead atoms. The number of hydrogen-bond donors (Lipinski definition) is 0. The van der Waals surface area contributed by atoms with Gasteiger partial charge in [-0.15, -0.1) is 0 Å². The van der Waals surface area contributed by atoms with Gasteiger partial charge in [0.05, 0.1) is 5.69 Å². The van der Waals surface area contributed by atoms with Crippen molar-refractivity contribution in [1.29, 1.82) is 0 Å². The van der Waals surface area contributed by atoms with Crippen molar-refractivity contribution in [2.75, 3.05) is 4.90 Å². The van der Waals surface area contributed by atoms with E-state index in [2.05, 4.69) is 241 Å². The molecule has 0 unspecified atom stereocenters. The summed E-state index contributed by atoms with van der Waals surface area (Å²) in [6, 6.07) is 84.2. The fraction of sp³-hybridized carbons (Fsp3) is 0. The average Bonchev–Trinajstić information content (AvgIpc) is 4.14. The van der Waals surface area contributed by atoms with Crippen LogP contribution in [0.25, 0.3) is 132 Å². The minimum atomic E-state index is 0.817. The van der Waals surface area contributed by atoms with Crippen LogP contribution in [0.4, 0.5) is 17.1 Å². The second kappa shape index (κ2) is 15.1. The summed E-state index contributed by atoms with van der Waals surface area (Å²) in [4.78, 5) is 2.32. The van der Waals surface area contributed by atoms with E-state index in [1.54, 1.807) is 0 Å². The Balaban J connectivity index is 0.915. The lowest BCUT2D eigenvalue weighted by molar-refractivity contribution is 0.670. The molecule has 0 amide bonds. The number of anilines is 3. The van der Waals surface area contributed by atoms with Crippen molar-refractivity contribution in [2.45, 2.75) is 0 Å². The van der Waals surface area contributed by atoms with Gasteiger partial charge in [-0.1, -0.05) is 188 Å². The summed E-state index contributed by atoms with van der Waals surface area (Å²) < 4.78 is 20.6. The van der Waals surface area contributed by atoms with Gasteiger partial charge in [0.25, 0.3) is 0 Å². The number of rotatable bonds is 6. The molecule has 0 aliphatic carbocycles. The molecule has 0 radical (unpaired) electrons. The van der Waals surface area contributed by atoms with Crippen molar-refractivity contribution < 1.29 is 13.3 Å². The second-order valence-corrected chi connectivity index (χ2v) is 18.3. The molecule has 0 spiro atoms. The van der Waals surface area contributed by atoms with Crippen LogP contribution in [-0.4, -0.2) is 0 Å². The fourth-order valence-corrected chi connectivity index (χ4v) is 11.2. The first kappa shape index (κ1) is 38.7. The predicted molar refractivity (Wildman–Crippen MR) is 292 cm³/mol. The van der Waals surface area contributed by atoms with Crippen molar-refractivity contribution in [1.82, 2.24) is 0 Å². The molecule has 0 atom stereocenters. The maximum absolute atomic E-state index is 7.24. The first-order valence-electron chi connectivity index (χ1n) is 23.8. The second-order valence-electron chi connectivity index (χ2n) is 18.3. The highest BCUT2D eigenvalue weighted by Gasteiger charge is 2.24. The average molecular weight is 894 g/mol. The summed E-state index contributed by atoms with van der Waals surface area (Å²) in [5, 5.41) is 13.8. The molecular formula is C66H39NO3. The Morgan fingerprint density at radius 2 is 0.700 bits per heavy atom. The summed E-state index contributed by atoms with van der Waals surface area (Å²) in [6.07, 6.45) is 0. The zero-order valence-electron chi connectivity index (χ0n) is 37.7. The quantitative estimate of drug-likeness (QED) is 0.167. The van der Waals surface area contributed by atoms with E-state index in [9.17, 15) is 0 Å². The molecule has 0 aliphatic rings. The predicted octanol–water partition coefficient (Wildman–Crippen LogP) is 19.3. The summed E-state index contributed by atoms with van der Waals surface area (Å²) >= 11 is 0. The monoisotopic (exact) mass is 893 g/mol. The molecule has 3 aromatic heterocycles. The smallest absolute Gasteiger partial charge is 0.159 e. The molecule has 15 aromatic rings. The van der Waals surface area contributed by atoms with Crippen LogP contribution in [0.5, 0.6) is 0 Å². The Kier molecular flexibility index (Phi) is 8.33. The van der Waals surface area contributed by atoms with Gasteiger partial charge in [-0.05, 0) is 97.5 Å². The Hall–Kier alpha value is -9.38. The van der Waals surface area contributed by atoms with Crippen LogP contribution in [0.15, 0.2) is 250 Å². The van der Waals surface area contributed by atoms with Crippen LogP contribution < -0.4 is 4.90 Å². The van der Waals surface area contributed by atoms with E-state index in [0.717, 1.165) is 122 Å². The standard InChI is InChI=1S/C66H39NO3/c1-2-13-40(14-3-1)56-39-45-17-6-9-20-50(45)62-55-25-12-26-57(65(55)70-66(56)62)67(46-33-27-43(28-34-46)51-21-10-23-53-60-48-18-7-4-15-41(48)31-37-58(60)68-63(51)53)47-35-29-44(30-36-47)52-22-11-24-54-61-49-19-8-5-16-42(49)32-38-59(61)69-64(52)54/h1-39H. The molecule has 4 nitrogen and oxygen atoms in total. The fourth-order valence-electron chi connectivity index (χ4n) is 11.2. The summed E-state index contributed by atoms with van der Waals surface area (Å²) in [7, 11) is 0. The molecular weight excluding hydrogens is 855 g/mol. The zero-order valence-corrected chi connectivity index (χ0v) is 37.7. The SMILES string of the molecule is c1ccc(-c2cc3ccccc3c3c2oc2c(N(c4ccc(-c5cccc6c5oc5ccc7ccccc7c56)cc4)c4ccc(-c5cccc6c5oc5ccc7ccccc7c56)cc4)cccc23)cc1. The van der Waals surface area contributed by atoms with Crippen LogP contribution in [-0.2, 0) is 0 Å². The van der Waals surface area contributed by atoms with Crippen molar-refractivity contribution in [3.63, 3.8) is 0 Å². The van der Waals surface area contributed by atoms with E-state index >= 15 is 0 Å². The van der Waals surface area contributed by atoms with Crippen molar-refractivity contribution in [3.05, 3.63) is 237 Å². The van der Waals surface area contributed by atoms with E-state index in [0.29, 0.717) is 0 Å². The Bertz CT molecular complexity index is 4380. The van der Waals surface area contributed by atoms with Crippen LogP contribution in [0.2, 0.25) is 0 Å². The van der Waals surface area contributed by atoms with E-state index in [4.69, 9.17) is 13.3 Å². The maximum Gasteiger partial charge on any atom is 0.159 e. The van der Waals surface area contributed by atoms with E-state index in [-0.39, 0.29) is 0 Å². The van der Waals surface area contributed by atoms with Crippen molar-refractivity contribution >= 4 is 115 Å². The van der Waals surface area contributed by atoms with Gasteiger partial charge in [-0.3, -0.25) is 0 Å². The number of nitrogens with zero attached hydrogens (tertiary/aromatic N) is 1. The third-order valence-electron chi connectivity index (χ3n) is 14.4. The number of hydrogen-bond acceptors (Lipinski definition) is 4. The molecule has 0 N–H and O–H groups in total. The number of para-hydroxylation sites is 3. The van der Waals surface area contributed by atoms with Crippen molar-refractivity contribution in [2.24, 2.45) is 0 Å². The molecule has 0 fully saturated rings. The van der Waals surface area contributed by atoms with Gasteiger partial charge in [0, 0.05) is 60.4 Å². The minimum Gasteiger partial charge on any atom is -0.455 e. The summed E-state index contributed by atoms with van der Waals surface area (Å²) in [5.41, 5.74) is 14.6. The topological polar surface area (TPSA) is 42.7 Å². The van der Waals surface area contributed by atoms with Gasteiger partial charge >= 0.3 is 0 Å².